The van der Waals surface area contributed by atoms with Crippen molar-refractivity contribution >= 4 is 22.7 Å². The van der Waals surface area contributed by atoms with Crippen LogP contribution in [0.5, 0.6) is 0 Å². The van der Waals surface area contributed by atoms with Gasteiger partial charge < -0.3 is 9.72 Å². The van der Waals surface area contributed by atoms with Crippen LogP contribution >= 0.6 is 0 Å². The van der Waals surface area contributed by atoms with Gasteiger partial charge in [0.15, 0.2) is 11.5 Å². The van der Waals surface area contributed by atoms with E-state index in [0.29, 0.717) is 24.3 Å². The summed E-state index contributed by atoms with van der Waals surface area (Å²) in [5.74, 6) is -0.299. The van der Waals surface area contributed by atoms with E-state index < -0.39 is 5.97 Å². The van der Waals surface area contributed by atoms with Crippen molar-refractivity contribution in [3.63, 3.8) is 0 Å². The molecule has 0 amide bonds. The first-order valence-electron chi connectivity index (χ1n) is 6.84. The number of nitrogens with zero attached hydrogens (tertiary/aromatic N) is 1. The third-order valence-corrected chi connectivity index (χ3v) is 3.74. The molecule has 0 spiro atoms. The van der Waals surface area contributed by atoms with E-state index in [0.717, 1.165) is 35.0 Å². The Kier molecular flexibility index (Phi) is 3.04. The van der Waals surface area contributed by atoms with Gasteiger partial charge in [-0.1, -0.05) is 0 Å². The monoisotopic (exact) mass is 272 g/mol. The number of ketones is 1. The van der Waals surface area contributed by atoms with Gasteiger partial charge in [-0.05, 0) is 32.3 Å². The average molecular weight is 272 g/mol. The van der Waals surface area contributed by atoms with Crippen molar-refractivity contribution in [1.82, 2.24) is 9.97 Å². The van der Waals surface area contributed by atoms with Gasteiger partial charge in [0.25, 0.3) is 0 Å². The van der Waals surface area contributed by atoms with Gasteiger partial charge in [0.1, 0.15) is 0 Å². The summed E-state index contributed by atoms with van der Waals surface area (Å²) in [5.41, 5.74) is 3.52. The van der Waals surface area contributed by atoms with Crippen LogP contribution in [0, 0.1) is 6.92 Å². The van der Waals surface area contributed by atoms with E-state index in [1.54, 1.807) is 13.1 Å². The van der Waals surface area contributed by atoms with Crippen molar-refractivity contribution in [1.29, 1.82) is 0 Å². The maximum Gasteiger partial charge on any atom is 0.357 e. The van der Waals surface area contributed by atoms with Crippen molar-refractivity contribution in [3.05, 3.63) is 28.7 Å². The molecule has 0 fully saturated rings. The fourth-order valence-corrected chi connectivity index (χ4v) is 2.85. The molecule has 0 unspecified atom stereocenters. The Balaban J connectivity index is 2.24. The third kappa shape index (κ3) is 1.81. The number of Topliss-reactive ketones (excluding diaryl/α,β-unsaturated/α-hetero) is 1. The molecule has 0 aliphatic heterocycles. The van der Waals surface area contributed by atoms with Gasteiger partial charge in [0, 0.05) is 23.1 Å². The molecule has 20 heavy (non-hydrogen) atoms. The molecule has 5 nitrogen and oxygen atoms in total. The Morgan fingerprint density at radius 2 is 2.25 bits per heavy atom. The van der Waals surface area contributed by atoms with Gasteiger partial charge in [0.2, 0.25) is 0 Å². The number of nitrogens with one attached hydrogen (secondary N) is 1. The van der Waals surface area contributed by atoms with E-state index >= 15 is 0 Å². The zero-order chi connectivity index (χ0) is 14.3. The zero-order valence-electron chi connectivity index (χ0n) is 11.6. The number of esters is 1. The molecule has 2 aromatic rings. The molecule has 0 atom stereocenters. The molecule has 2 heterocycles. The van der Waals surface area contributed by atoms with Crippen LogP contribution in [0.15, 0.2) is 6.20 Å². The standard InChI is InChI=1S/C15H16N2O3/c1-3-20-15(19)14-8(2)12-10(7-16-14)17-9-5-4-6-11(18)13(9)12/h7,17H,3-6H2,1-2H3. The lowest BCUT2D eigenvalue weighted by molar-refractivity contribution is 0.0518. The Labute approximate surface area is 116 Å². The first kappa shape index (κ1) is 12.8. The van der Waals surface area contributed by atoms with Crippen LogP contribution in [0.1, 0.15) is 51.9 Å². The summed E-state index contributed by atoms with van der Waals surface area (Å²) in [7, 11) is 0. The second-order valence-corrected chi connectivity index (χ2v) is 5.00. The van der Waals surface area contributed by atoms with Crippen LogP contribution in [0.25, 0.3) is 10.9 Å². The smallest absolute Gasteiger partial charge is 0.357 e. The minimum absolute atomic E-state index is 0.140. The molecule has 0 bridgehead atoms. The molecule has 1 aliphatic rings. The predicted molar refractivity (Wildman–Crippen MR) is 74.1 cm³/mol. The lowest BCUT2D eigenvalue weighted by Gasteiger charge is -2.11. The maximum atomic E-state index is 12.2. The summed E-state index contributed by atoms with van der Waals surface area (Å²) in [6, 6.07) is 0. The minimum atomic E-state index is -0.440. The molecule has 0 saturated heterocycles. The summed E-state index contributed by atoms with van der Waals surface area (Å²) in [4.78, 5) is 31.5. The molecule has 5 heteroatoms. The van der Waals surface area contributed by atoms with E-state index in [-0.39, 0.29) is 5.78 Å². The Hall–Kier alpha value is -2.17. The number of carbonyl (C=O) groups is 2. The fraction of sp³-hybridized carbons (Fsp3) is 0.400. The first-order valence-corrected chi connectivity index (χ1v) is 6.84. The molecular formula is C15H16N2O3. The number of carbonyl (C=O) groups excluding carboxylic acids is 2. The molecule has 0 radical (unpaired) electrons. The van der Waals surface area contributed by atoms with Crippen LogP contribution in [0.3, 0.4) is 0 Å². The number of hydrogen-bond donors (Lipinski definition) is 1. The van der Waals surface area contributed by atoms with Crippen molar-refractivity contribution in [2.24, 2.45) is 0 Å². The number of hydrogen-bond acceptors (Lipinski definition) is 4. The van der Waals surface area contributed by atoms with Crippen LogP contribution in [0.2, 0.25) is 0 Å². The number of rotatable bonds is 2. The molecule has 0 aromatic carbocycles. The number of fused-ring (bicyclic) bond motifs is 3. The topological polar surface area (TPSA) is 72.0 Å². The Bertz CT molecular complexity index is 715. The first-order chi connectivity index (χ1) is 9.63. The van der Waals surface area contributed by atoms with Gasteiger partial charge in [-0.15, -0.1) is 0 Å². The highest BCUT2D eigenvalue weighted by Gasteiger charge is 2.25. The zero-order valence-corrected chi connectivity index (χ0v) is 11.6. The largest absolute Gasteiger partial charge is 0.461 e. The van der Waals surface area contributed by atoms with Crippen LogP contribution in [-0.2, 0) is 11.2 Å². The number of ether oxygens (including phenoxy) is 1. The normalized spacial score (nSPS) is 14.4. The second-order valence-electron chi connectivity index (χ2n) is 5.00. The highest BCUT2D eigenvalue weighted by molar-refractivity contribution is 6.12. The summed E-state index contributed by atoms with van der Waals surface area (Å²) >= 11 is 0. The van der Waals surface area contributed by atoms with Crippen molar-refractivity contribution < 1.29 is 14.3 Å². The second kappa shape index (κ2) is 4.74. The van der Waals surface area contributed by atoms with E-state index in [4.69, 9.17) is 4.74 Å². The van der Waals surface area contributed by atoms with Gasteiger partial charge >= 0.3 is 5.97 Å². The molecule has 0 saturated carbocycles. The molecule has 1 aliphatic carbocycles. The summed E-state index contributed by atoms with van der Waals surface area (Å²) in [5, 5.41) is 0.822. The number of pyridine rings is 1. The van der Waals surface area contributed by atoms with Gasteiger partial charge in [0.05, 0.1) is 18.3 Å². The number of aromatic amines is 1. The fourth-order valence-electron chi connectivity index (χ4n) is 2.85. The van der Waals surface area contributed by atoms with Gasteiger partial charge in [-0.3, -0.25) is 4.79 Å². The molecular weight excluding hydrogens is 256 g/mol. The van der Waals surface area contributed by atoms with Crippen molar-refractivity contribution in [2.45, 2.75) is 33.1 Å². The van der Waals surface area contributed by atoms with Crippen LogP contribution < -0.4 is 0 Å². The lowest BCUT2D eigenvalue weighted by atomic mass is 9.93. The third-order valence-electron chi connectivity index (χ3n) is 3.74. The lowest BCUT2D eigenvalue weighted by Crippen LogP contribution is -2.11. The SMILES string of the molecule is CCOC(=O)c1ncc2[nH]c3c(c2c1C)C(=O)CCC3. The van der Waals surface area contributed by atoms with E-state index in [1.165, 1.54) is 0 Å². The molecule has 104 valence electrons. The van der Waals surface area contributed by atoms with Gasteiger partial charge in [-0.2, -0.15) is 0 Å². The summed E-state index contributed by atoms with van der Waals surface area (Å²) in [6.45, 7) is 3.88. The number of H-pyrrole nitrogens is 1. The molecule has 2 aromatic heterocycles. The van der Waals surface area contributed by atoms with E-state index in [2.05, 4.69) is 9.97 Å². The molecule has 1 N–H and O–H groups in total. The Morgan fingerprint density at radius 1 is 1.45 bits per heavy atom. The molecule has 3 rings (SSSR count). The van der Waals surface area contributed by atoms with Crippen molar-refractivity contribution in [2.75, 3.05) is 6.61 Å². The number of aryl methyl sites for hydroxylation is 2. The highest BCUT2D eigenvalue weighted by atomic mass is 16.5. The summed E-state index contributed by atoms with van der Waals surface area (Å²) < 4.78 is 5.01. The Morgan fingerprint density at radius 3 is 3.00 bits per heavy atom. The van der Waals surface area contributed by atoms with Crippen LogP contribution in [-0.4, -0.2) is 28.3 Å². The average Bonchev–Trinajstić information content (AvgIpc) is 2.80. The summed E-state index contributed by atoms with van der Waals surface area (Å²) in [6.07, 6.45) is 3.91. The quantitative estimate of drug-likeness (QED) is 0.853. The van der Waals surface area contributed by atoms with Crippen LogP contribution in [0.4, 0.5) is 0 Å². The predicted octanol–water partition coefficient (Wildman–Crippen LogP) is 2.57. The van der Waals surface area contributed by atoms with E-state index in [9.17, 15) is 9.59 Å². The maximum absolute atomic E-state index is 12.2. The highest BCUT2D eigenvalue weighted by Crippen LogP contribution is 2.31. The van der Waals surface area contributed by atoms with Gasteiger partial charge in [-0.25, -0.2) is 9.78 Å². The van der Waals surface area contributed by atoms with Crippen molar-refractivity contribution in [3.8, 4) is 0 Å². The van der Waals surface area contributed by atoms with E-state index in [1.807, 2.05) is 6.92 Å². The number of aromatic nitrogens is 2. The minimum Gasteiger partial charge on any atom is -0.461 e.